The van der Waals surface area contributed by atoms with Crippen molar-refractivity contribution in [3.05, 3.63) is 71.0 Å². The summed E-state index contributed by atoms with van der Waals surface area (Å²) in [6.45, 7) is 2.91. The molecule has 1 aliphatic heterocycles. The maximum atomic E-state index is 13.5. The van der Waals surface area contributed by atoms with Gasteiger partial charge in [0.1, 0.15) is 5.82 Å². The van der Waals surface area contributed by atoms with Crippen molar-refractivity contribution in [1.29, 1.82) is 0 Å². The van der Waals surface area contributed by atoms with Gasteiger partial charge < -0.3 is 9.74 Å². The van der Waals surface area contributed by atoms with Gasteiger partial charge in [0.05, 0.1) is 12.3 Å². The number of carbonyl (C=O) groups is 1. The second-order valence-corrected chi connectivity index (χ2v) is 7.46. The van der Waals surface area contributed by atoms with Crippen LogP contribution in [-0.2, 0) is 16.2 Å². The molecule has 1 saturated carbocycles. The van der Waals surface area contributed by atoms with Crippen molar-refractivity contribution < 1.29 is 14.0 Å². The van der Waals surface area contributed by atoms with Gasteiger partial charge in [0.15, 0.2) is 6.10 Å². The first-order valence-electron chi connectivity index (χ1n) is 9.41. The summed E-state index contributed by atoms with van der Waals surface area (Å²) in [5, 5.41) is 4.23. The van der Waals surface area contributed by atoms with Gasteiger partial charge in [-0.15, -0.1) is 0 Å². The molecule has 5 heteroatoms. The van der Waals surface area contributed by atoms with Gasteiger partial charge in [-0.2, -0.15) is 0 Å². The highest BCUT2D eigenvalue weighted by molar-refractivity contribution is 6.01. The number of benzene rings is 2. The monoisotopic (exact) mass is 366 g/mol. The molecule has 0 aromatic heterocycles. The van der Waals surface area contributed by atoms with E-state index in [0.29, 0.717) is 19.5 Å². The summed E-state index contributed by atoms with van der Waals surface area (Å²) in [5.41, 5.74) is 3.95. The van der Waals surface area contributed by atoms with E-state index in [0.717, 1.165) is 29.7 Å². The first-order valence-corrected chi connectivity index (χ1v) is 9.41. The number of amides is 1. The van der Waals surface area contributed by atoms with Crippen molar-refractivity contribution >= 4 is 11.6 Å². The number of oxime groups is 1. The molecule has 0 N–H and O–H groups in total. The molecule has 1 atom stereocenters. The fraction of sp³-hybridized carbons (Fsp3) is 0.364. The Morgan fingerprint density at radius 3 is 2.70 bits per heavy atom. The zero-order valence-corrected chi connectivity index (χ0v) is 15.4. The molecule has 1 aliphatic carbocycles. The highest BCUT2D eigenvalue weighted by atomic mass is 19.1. The minimum atomic E-state index is -0.284. The zero-order valence-electron chi connectivity index (χ0n) is 15.4. The average molecular weight is 366 g/mol. The molecule has 0 saturated heterocycles. The van der Waals surface area contributed by atoms with Crippen molar-refractivity contribution in [3.8, 4) is 0 Å². The van der Waals surface area contributed by atoms with Crippen molar-refractivity contribution in [2.24, 2.45) is 11.1 Å². The maximum Gasteiger partial charge on any atom is 0.226 e. The molecule has 1 heterocycles. The van der Waals surface area contributed by atoms with Gasteiger partial charge >= 0.3 is 0 Å². The Labute approximate surface area is 158 Å². The summed E-state index contributed by atoms with van der Waals surface area (Å²) >= 11 is 0. The highest BCUT2D eigenvalue weighted by Gasteiger charge is 2.35. The molecule has 1 amide bonds. The molecule has 1 fully saturated rings. The Hall–Kier alpha value is -2.69. The minimum Gasteiger partial charge on any atom is -0.390 e. The van der Waals surface area contributed by atoms with E-state index < -0.39 is 0 Å². The molecular formula is C22H23FN2O2. The third kappa shape index (κ3) is 4.35. The molecule has 2 aromatic carbocycles. The molecule has 0 radical (unpaired) electrons. The Morgan fingerprint density at radius 1 is 1.22 bits per heavy atom. The summed E-state index contributed by atoms with van der Waals surface area (Å²) in [7, 11) is 0. The Morgan fingerprint density at radius 2 is 2.00 bits per heavy atom. The SMILES string of the molecule is Cc1ccc(C2=NO[C@@H](CN(Cc3cccc(F)c3)C(=O)C3CC3)C2)cc1. The first kappa shape index (κ1) is 17.7. The van der Waals surface area contributed by atoms with Crippen LogP contribution in [0.4, 0.5) is 4.39 Å². The second-order valence-electron chi connectivity index (χ2n) is 7.46. The van der Waals surface area contributed by atoms with E-state index in [4.69, 9.17) is 4.84 Å². The predicted molar refractivity (Wildman–Crippen MR) is 102 cm³/mol. The molecular weight excluding hydrogens is 343 g/mol. The molecule has 0 spiro atoms. The number of rotatable bonds is 6. The van der Waals surface area contributed by atoms with Crippen LogP contribution in [0.2, 0.25) is 0 Å². The van der Waals surface area contributed by atoms with Crippen LogP contribution < -0.4 is 0 Å². The van der Waals surface area contributed by atoms with E-state index in [9.17, 15) is 9.18 Å². The fourth-order valence-corrected chi connectivity index (χ4v) is 3.37. The molecule has 2 aliphatic rings. The van der Waals surface area contributed by atoms with Gasteiger partial charge in [0, 0.05) is 18.9 Å². The number of nitrogens with zero attached hydrogens (tertiary/aromatic N) is 2. The third-order valence-corrected chi connectivity index (χ3v) is 5.04. The van der Waals surface area contributed by atoms with Crippen LogP contribution in [0.3, 0.4) is 0 Å². The van der Waals surface area contributed by atoms with Crippen molar-refractivity contribution in [2.45, 2.75) is 38.8 Å². The van der Waals surface area contributed by atoms with Crippen molar-refractivity contribution in [3.63, 3.8) is 0 Å². The van der Waals surface area contributed by atoms with Crippen molar-refractivity contribution in [1.82, 2.24) is 4.90 Å². The summed E-state index contributed by atoms with van der Waals surface area (Å²) in [4.78, 5) is 20.1. The lowest BCUT2D eigenvalue weighted by molar-refractivity contribution is -0.135. The average Bonchev–Trinajstić information content (AvgIpc) is 3.40. The van der Waals surface area contributed by atoms with E-state index in [2.05, 4.69) is 17.3 Å². The standard InChI is InChI=1S/C22H23FN2O2/c1-15-5-7-17(8-6-15)21-12-20(27-24-21)14-25(22(26)18-9-10-18)13-16-3-2-4-19(23)11-16/h2-8,11,18,20H,9-10,12-14H2,1H3/t20-/m1/s1. The van der Waals surface area contributed by atoms with Crippen LogP contribution in [0.25, 0.3) is 0 Å². The van der Waals surface area contributed by atoms with Crippen molar-refractivity contribution in [2.75, 3.05) is 6.54 Å². The number of carbonyl (C=O) groups excluding carboxylic acids is 1. The molecule has 2 aromatic rings. The summed E-state index contributed by atoms with van der Waals surface area (Å²) in [6.07, 6.45) is 2.38. The minimum absolute atomic E-state index is 0.109. The van der Waals surface area contributed by atoms with Gasteiger partial charge in [0.25, 0.3) is 0 Å². The van der Waals surface area contributed by atoms with E-state index in [1.807, 2.05) is 25.1 Å². The summed E-state index contributed by atoms with van der Waals surface area (Å²) in [5.74, 6) is -0.0440. The van der Waals surface area contributed by atoms with Gasteiger partial charge in [-0.3, -0.25) is 4.79 Å². The molecule has 4 nitrogen and oxygen atoms in total. The zero-order chi connectivity index (χ0) is 18.8. The van der Waals surface area contributed by atoms with Crippen LogP contribution in [-0.4, -0.2) is 29.2 Å². The second kappa shape index (κ2) is 7.51. The van der Waals surface area contributed by atoms with Gasteiger partial charge in [-0.25, -0.2) is 4.39 Å². The summed E-state index contributed by atoms with van der Waals surface area (Å²) in [6, 6.07) is 14.6. The lowest BCUT2D eigenvalue weighted by Crippen LogP contribution is -2.38. The topological polar surface area (TPSA) is 41.9 Å². The van der Waals surface area contributed by atoms with E-state index >= 15 is 0 Å². The first-order chi connectivity index (χ1) is 13.1. The summed E-state index contributed by atoms with van der Waals surface area (Å²) < 4.78 is 13.5. The van der Waals surface area contributed by atoms with E-state index in [1.54, 1.807) is 11.0 Å². The number of hydrogen-bond donors (Lipinski definition) is 0. The lowest BCUT2D eigenvalue weighted by atomic mass is 10.0. The molecule has 0 bridgehead atoms. The van der Waals surface area contributed by atoms with E-state index in [-0.39, 0.29) is 23.7 Å². The fourth-order valence-electron chi connectivity index (χ4n) is 3.37. The quantitative estimate of drug-likeness (QED) is 0.773. The smallest absolute Gasteiger partial charge is 0.226 e. The van der Waals surface area contributed by atoms with E-state index in [1.165, 1.54) is 17.7 Å². The maximum absolute atomic E-state index is 13.5. The molecule has 4 rings (SSSR count). The molecule has 27 heavy (non-hydrogen) atoms. The van der Waals surface area contributed by atoms with Gasteiger partial charge in [0.2, 0.25) is 5.91 Å². The molecule has 140 valence electrons. The molecule has 0 unspecified atom stereocenters. The van der Waals surface area contributed by atoms with Crippen LogP contribution in [0.1, 0.15) is 36.0 Å². The van der Waals surface area contributed by atoms with Crippen LogP contribution >= 0.6 is 0 Å². The van der Waals surface area contributed by atoms with Crippen LogP contribution in [0, 0.1) is 18.7 Å². The Kier molecular flexibility index (Phi) is 4.92. The number of hydrogen-bond acceptors (Lipinski definition) is 3. The number of halogens is 1. The number of aryl methyl sites for hydroxylation is 1. The van der Waals surface area contributed by atoms with Crippen LogP contribution in [0.5, 0.6) is 0 Å². The highest BCUT2D eigenvalue weighted by Crippen LogP contribution is 2.32. The normalized spacial score (nSPS) is 18.7. The largest absolute Gasteiger partial charge is 0.390 e. The third-order valence-electron chi connectivity index (χ3n) is 5.04. The Balaban J connectivity index is 1.43. The Bertz CT molecular complexity index is 859. The van der Waals surface area contributed by atoms with Crippen LogP contribution in [0.15, 0.2) is 53.7 Å². The lowest BCUT2D eigenvalue weighted by Gasteiger charge is -2.25. The van der Waals surface area contributed by atoms with Gasteiger partial charge in [-0.1, -0.05) is 47.1 Å². The predicted octanol–water partition coefficient (Wildman–Crippen LogP) is 4.07. The van der Waals surface area contributed by atoms with Gasteiger partial charge in [-0.05, 0) is 43.0 Å².